The number of fused-ring (bicyclic) bond motifs is 1. The third-order valence-corrected chi connectivity index (χ3v) is 8.05. The molecule has 0 aliphatic carbocycles. The molecule has 3 N–H and O–H groups in total. The minimum atomic E-state index is -1.43. The summed E-state index contributed by atoms with van der Waals surface area (Å²) in [7, 11) is 0. The van der Waals surface area contributed by atoms with Crippen LogP contribution in [-0.4, -0.2) is 45.3 Å². The number of aromatic nitrogens is 2. The van der Waals surface area contributed by atoms with Gasteiger partial charge in [0.2, 0.25) is 5.95 Å². The molecule has 196 valence electrons. The van der Waals surface area contributed by atoms with Gasteiger partial charge in [-0.1, -0.05) is 48.5 Å². The van der Waals surface area contributed by atoms with Crippen LogP contribution in [0.25, 0.3) is 0 Å². The first kappa shape index (κ1) is 27.3. The number of carbonyl (C=O) groups is 1. The Morgan fingerprint density at radius 2 is 1.81 bits per heavy atom. The number of hydrogen-bond acceptors (Lipinski definition) is 7. The van der Waals surface area contributed by atoms with Crippen molar-refractivity contribution in [3.8, 4) is 0 Å². The normalized spacial score (nSPS) is 23.2. The predicted octanol–water partition coefficient (Wildman–Crippen LogP) is 3.96. The third kappa shape index (κ3) is 5.31. The fourth-order valence-corrected chi connectivity index (χ4v) is 6.32. The van der Waals surface area contributed by atoms with E-state index in [9.17, 15) is 14.3 Å². The number of aliphatic hydroxyl groups is 1. The van der Waals surface area contributed by atoms with Gasteiger partial charge in [-0.2, -0.15) is 0 Å². The van der Waals surface area contributed by atoms with Crippen LogP contribution in [0, 0.1) is 18.7 Å². The lowest BCUT2D eigenvalue weighted by molar-refractivity contribution is 0.0691. The average molecular weight is 544 g/mol. The SMILES string of the molecule is Cc1nc(N2C[C@H]3CSC(NC(=O)c4ccccc4)N[C@@]3(c3ccccc3)C2)nc(C(C)(C)O)c1F.Cl. The Hall–Kier alpha value is -2.72. The highest BCUT2D eigenvalue weighted by atomic mass is 35.5. The Bertz CT molecular complexity index is 1260. The standard InChI is InChI=1S/C27H30FN5O2S.ClH/c1-17-21(28)22(26(2,3)35)30-24(29-17)33-14-20-15-36-25(31-23(34)18-10-6-4-7-11-18)32-27(20,16-33)19-12-8-5-9-13-19;/h4-13,20,25,32,35H,14-16H2,1-3H3,(H,31,34);1H/t20-,25?,27+;/m0./s1. The maximum Gasteiger partial charge on any atom is 0.253 e. The minimum absolute atomic E-state index is 0. The fourth-order valence-electron chi connectivity index (χ4n) is 5.02. The molecule has 2 aliphatic rings. The Labute approximate surface area is 226 Å². The van der Waals surface area contributed by atoms with Crippen molar-refractivity contribution >= 4 is 36.0 Å². The quantitative estimate of drug-likeness (QED) is 0.449. The lowest BCUT2D eigenvalue weighted by Crippen LogP contribution is -2.61. The Balaban J connectivity index is 0.00000320. The maximum absolute atomic E-state index is 14.8. The zero-order valence-electron chi connectivity index (χ0n) is 20.9. The molecule has 10 heteroatoms. The Morgan fingerprint density at radius 1 is 1.16 bits per heavy atom. The van der Waals surface area contributed by atoms with E-state index in [1.54, 1.807) is 30.8 Å². The molecule has 3 aromatic rings. The maximum atomic E-state index is 14.8. The van der Waals surface area contributed by atoms with Crippen LogP contribution in [0.15, 0.2) is 60.7 Å². The molecule has 2 saturated heterocycles. The van der Waals surface area contributed by atoms with Gasteiger partial charge in [0.15, 0.2) is 5.82 Å². The number of carbonyl (C=O) groups excluding carboxylic acids is 1. The molecular formula is C27H31ClFN5O2S. The van der Waals surface area contributed by atoms with E-state index in [4.69, 9.17) is 0 Å². The van der Waals surface area contributed by atoms with Crippen LogP contribution in [0.5, 0.6) is 0 Å². The van der Waals surface area contributed by atoms with Gasteiger partial charge in [0.1, 0.15) is 16.8 Å². The molecule has 3 atom stereocenters. The summed E-state index contributed by atoms with van der Waals surface area (Å²) in [5.74, 6) is 0.667. The van der Waals surface area contributed by atoms with Crippen LogP contribution in [-0.2, 0) is 11.1 Å². The van der Waals surface area contributed by atoms with Gasteiger partial charge < -0.3 is 15.3 Å². The van der Waals surface area contributed by atoms with Crippen molar-refractivity contribution in [3.63, 3.8) is 0 Å². The number of nitrogens with one attached hydrogen (secondary N) is 2. The molecule has 7 nitrogen and oxygen atoms in total. The molecule has 2 aromatic carbocycles. The number of aryl methyl sites for hydroxylation is 1. The van der Waals surface area contributed by atoms with E-state index in [1.165, 1.54) is 13.8 Å². The van der Waals surface area contributed by atoms with Crippen LogP contribution in [0.4, 0.5) is 10.3 Å². The second-order valence-electron chi connectivity index (χ2n) is 9.94. The van der Waals surface area contributed by atoms with Crippen molar-refractivity contribution in [2.75, 3.05) is 23.7 Å². The second kappa shape index (κ2) is 10.6. The largest absolute Gasteiger partial charge is 0.384 e. The summed E-state index contributed by atoms with van der Waals surface area (Å²) >= 11 is 1.66. The summed E-state index contributed by atoms with van der Waals surface area (Å²) in [6.07, 6.45) is 0. The van der Waals surface area contributed by atoms with Crippen LogP contribution < -0.4 is 15.5 Å². The molecule has 1 aromatic heterocycles. The van der Waals surface area contributed by atoms with E-state index in [-0.39, 0.29) is 41.1 Å². The average Bonchev–Trinajstić information content (AvgIpc) is 3.26. The van der Waals surface area contributed by atoms with Gasteiger partial charge in [0.25, 0.3) is 5.91 Å². The minimum Gasteiger partial charge on any atom is -0.384 e. The number of thioether (sulfide) groups is 1. The number of anilines is 1. The number of rotatable bonds is 5. The first-order valence-electron chi connectivity index (χ1n) is 12.0. The van der Waals surface area contributed by atoms with Crippen LogP contribution in [0.1, 0.15) is 41.2 Å². The molecule has 0 spiro atoms. The summed E-state index contributed by atoms with van der Waals surface area (Å²) in [6.45, 7) is 5.83. The summed E-state index contributed by atoms with van der Waals surface area (Å²) in [5.41, 5.74) is -0.285. The highest BCUT2D eigenvalue weighted by Crippen LogP contribution is 2.44. The summed E-state index contributed by atoms with van der Waals surface area (Å²) in [5, 5.41) is 17.4. The van der Waals surface area contributed by atoms with Gasteiger partial charge in [-0.3, -0.25) is 10.1 Å². The lowest BCUT2D eigenvalue weighted by atomic mass is 9.81. The Morgan fingerprint density at radius 3 is 2.46 bits per heavy atom. The number of nitrogens with zero attached hydrogens (tertiary/aromatic N) is 3. The predicted molar refractivity (Wildman–Crippen MR) is 146 cm³/mol. The third-order valence-electron chi connectivity index (χ3n) is 6.89. The van der Waals surface area contributed by atoms with Gasteiger partial charge in [0, 0.05) is 30.3 Å². The van der Waals surface area contributed by atoms with Gasteiger partial charge >= 0.3 is 0 Å². The molecule has 3 heterocycles. The highest BCUT2D eigenvalue weighted by molar-refractivity contribution is 7.99. The number of hydrogen-bond donors (Lipinski definition) is 3. The molecule has 5 rings (SSSR count). The van der Waals surface area contributed by atoms with Crippen LogP contribution >= 0.6 is 24.2 Å². The van der Waals surface area contributed by atoms with Crippen molar-refractivity contribution in [2.45, 2.75) is 37.4 Å². The lowest BCUT2D eigenvalue weighted by Gasteiger charge is -2.43. The van der Waals surface area contributed by atoms with Crippen molar-refractivity contribution in [3.05, 3.63) is 89.0 Å². The van der Waals surface area contributed by atoms with E-state index in [0.717, 1.165) is 11.3 Å². The summed E-state index contributed by atoms with van der Waals surface area (Å²) < 4.78 is 14.8. The first-order valence-corrected chi connectivity index (χ1v) is 13.0. The smallest absolute Gasteiger partial charge is 0.253 e. The monoisotopic (exact) mass is 543 g/mol. The highest BCUT2D eigenvalue weighted by Gasteiger charge is 2.52. The first-order chi connectivity index (χ1) is 17.2. The van der Waals surface area contributed by atoms with E-state index in [1.807, 2.05) is 41.3 Å². The molecule has 37 heavy (non-hydrogen) atoms. The molecule has 1 amide bonds. The molecule has 0 bridgehead atoms. The summed E-state index contributed by atoms with van der Waals surface area (Å²) in [6, 6.07) is 19.4. The van der Waals surface area contributed by atoms with Crippen LogP contribution in [0.3, 0.4) is 0 Å². The van der Waals surface area contributed by atoms with E-state index in [2.05, 4.69) is 32.7 Å². The zero-order chi connectivity index (χ0) is 25.5. The summed E-state index contributed by atoms with van der Waals surface area (Å²) in [4.78, 5) is 23.8. The van der Waals surface area contributed by atoms with Crippen LogP contribution in [0.2, 0.25) is 0 Å². The zero-order valence-corrected chi connectivity index (χ0v) is 22.6. The van der Waals surface area contributed by atoms with Crippen molar-refractivity contribution in [1.29, 1.82) is 0 Å². The van der Waals surface area contributed by atoms with Gasteiger partial charge in [-0.15, -0.1) is 24.2 Å². The molecule has 0 radical (unpaired) electrons. The Kier molecular flexibility index (Phi) is 7.80. The van der Waals surface area contributed by atoms with Gasteiger partial charge in [0.05, 0.1) is 11.2 Å². The van der Waals surface area contributed by atoms with E-state index >= 15 is 0 Å². The van der Waals surface area contributed by atoms with Gasteiger partial charge in [-0.05, 0) is 38.5 Å². The van der Waals surface area contributed by atoms with E-state index in [0.29, 0.717) is 24.6 Å². The topological polar surface area (TPSA) is 90.4 Å². The van der Waals surface area contributed by atoms with E-state index < -0.39 is 17.0 Å². The van der Waals surface area contributed by atoms with Crippen molar-refractivity contribution < 1.29 is 14.3 Å². The molecular weight excluding hydrogens is 513 g/mol. The second-order valence-corrected chi connectivity index (χ2v) is 11.1. The molecule has 1 unspecified atom stereocenters. The van der Waals surface area contributed by atoms with Crippen molar-refractivity contribution in [2.24, 2.45) is 5.92 Å². The fraction of sp³-hybridized carbons (Fsp3) is 0.370. The molecule has 2 fully saturated rings. The number of amides is 1. The molecule has 2 aliphatic heterocycles. The number of benzene rings is 2. The molecule has 0 saturated carbocycles. The van der Waals surface area contributed by atoms with Crippen molar-refractivity contribution in [1.82, 2.24) is 20.6 Å². The number of halogens is 2. The van der Waals surface area contributed by atoms with Gasteiger partial charge in [-0.25, -0.2) is 14.4 Å².